The summed E-state index contributed by atoms with van der Waals surface area (Å²) in [5, 5.41) is 0.0992. The summed E-state index contributed by atoms with van der Waals surface area (Å²) in [5.74, 6) is 0. The number of rotatable bonds is 3. The Labute approximate surface area is 80.9 Å². The van der Waals surface area contributed by atoms with Crippen LogP contribution < -0.4 is 0 Å². The van der Waals surface area contributed by atoms with E-state index in [2.05, 4.69) is 6.58 Å². The number of halogens is 1. The van der Waals surface area contributed by atoms with E-state index in [4.69, 9.17) is 13.0 Å². The first-order valence-corrected chi connectivity index (χ1v) is 4.94. The molecule has 1 nitrogen and oxygen atoms in total. The SMILES string of the molecule is [2H]C(C(=C)Cl)S(=O)c1ccccc1. The molecule has 0 spiro atoms. The lowest BCUT2D eigenvalue weighted by molar-refractivity contribution is 0.685. The standard InChI is InChI=1S/C9H9ClOS/c1-8(10)7-12(11)9-5-3-2-4-6-9/h2-6H,1,7H2/i7D. The van der Waals surface area contributed by atoms with Gasteiger partial charge in [0.2, 0.25) is 0 Å². The van der Waals surface area contributed by atoms with Gasteiger partial charge in [-0.3, -0.25) is 4.21 Å². The normalized spacial score (nSPS) is 16.2. The summed E-state index contributed by atoms with van der Waals surface area (Å²) in [6, 6.07) is 8.79. The van der Waals surface area contributed by atoms with Crippen LogP contribution in [-0.4, -0.2) is 9.94 Å². The Bertz CT molecular complexity index is 326. The Balaban J connectivity index is 2.86. The van der Waals surface area contributed by atoms with Gasteiger partial charge in [0.15, 0.2) is 0 Å². The monoisotopic (exact) mass is 201 g/mol. The van der Waals surface area contributed by atoms with Gasteiger partial charge in [-0.2, -0.15) is 0 Å². The molecule has 1 aromatic rings. The van der Waals surface area contributed by atoms with Crippen LogP contribution in [0.5, 0.6) is 0 Å². The predicted octanol–water partition coefficient (Wildman–Crippen LogP) is 2.55. The molecule has 0 aliphatic rings. The second-order valence-corrected chi connectivity index (χ2v) is 3.96. The number of hydrogen-bond donors (Lipinski definition) is 0. The smallest absolute Gasteiger partial charge is 0.0634 e. The third-order valence-corrected chi connectivity index (χ3v) is 2.68. The third-order valence-electron chi connectivity index (χ3n) is 1.21. The average molecular weight is 202 g/mol. The molecule has 2 atom stereocenters. The summed E-state index contributed by atoms with van der Waals surface area (Å²) in [6.45, 7) is 3.39. The first-order valence-electron chi connectivity index (χ1n) is 3.93. The van der Waals surface area contributed by atoms with Gasteiger partial charge in [0.25, 0.3) is 0 Å². The van der Waals surface area contributed by atoms with Crippen molar-refractivity contribution in [2.45, 2.75) is 4.90 Å². The van der Waals surface area contributed by atoms with E-state index in [1.807, 2.05) is 6.07 Å². The topological polar surface area (TPSA) is 17.1 Å². The van der Waals surface area contributed by atoms with Crippen LogP contribution in [0.15, 0.2) is 46.8 Å². The quantitative estimate of drug-likeness (QED) is 0.735. The van der Waals surface area contributed by atoms with E-state index in [9.17, 15) is 4.21 Å². The molecule has 0 amide bonds. The largest absolute Gasteiger partial charge is 0.254 e. The van der Waals surface area contributed by atoms with Crippen molar-refractivity contribution in [3.63, 3.8) is 0 Å². The minimum Gasteiger partial charge on any atom is -0.254 e. The van der Waals surface area contributed by atoms with Crippen molar-refractivity contribution in [2.24, 2.45) is 0 Å². The molecule has 0 saturated heterocycles. The van der Waals surface area contributed by atoms with E-state index in [-0.39, 0.29) is 5.03 Å². The maximum Gasteiger partial charge on any atom is 0.0634 e. The molecule has 12 heavy (non-hydrogen) atoms. The Morgan fingerprint density at radius 3 is 2.67 bits per heavy atom. The van der Waals surface area contributed by atoms with Crippen molar-refractivity contribution in [2.75, 3.05) is 5.73 Å². The van der Waals surface area contributed by atoms with E-state index in [0.717, 1.165) is 0 Å². The lowest BCUT2D eigenvalue weighted by atomic mass is 10.4. The summed E-state index contributed by atoms with van der Waals surface area (Å²) < 4.78 is 19.0. The lowest BCUT2D eigenvalue weighted by Crippen LogP contribution is -1.96. The number of benzene rings is 1. The molecule has 0 aliphatic heterocycles. The summed E-state index contributed by atoms with van der Waals surface area (Å²) in [4.78, 5) is 0.601. The van der Waals surface area contributed by atoms with Crippen molar-refractivity contribution in [1.29, 1.82) is 0 Å². The van der Waals surface area contributed by atoms with E-state index >= 15 is 0 Å². The van der Waals surface area contributed by atoms with E-state index in [1.165, 1.54) is 0 Å². The zero-order valence-electron chi connectivity index (χ0n) is 7.37. The van der Waals surface area contributed by atoms with Gasteiger partial charge in [-0.25, -0.2) is 0 Å². The molecule has 0 saturated carbocycles. The molecule has 64 valence electrons. The average Bonchev–Trinajstić information content (AvgIpc) is 2.17. The van der Waals surface area contributed by atoms with Crippen LogP contribution >= 0.6 is 11.6 Å². The van der Waals surface area contributed by atoms with Gasteiger partial charge >= 0.3 is 0 Å². The van der Waals surface area contributed by atoms with Crippen LogP contribution in [0.4, 0.5) is 0 Å². The highest BCUT2D eigenvalue weighted by molar-refractivity contribution is 7.85. The maximum absolute atomic E-state index is 11.6. The van der Waals surface area contributed by atoms with Gasteiger partial charge in [-0.05, 0) is 12.1 Å². The molecule has 0 aromatic heterocycles. The van der Waals surface area contributed by atoms with E-state index < -0.39 is 16.5 Å². The Morgan fingerprint density at radius 2 is 2.17 bits per heavy atom. The zero-order valence-corrected chi connectivity index (χ0v) is 7.94. The molecule has 0 fully saturated rings. The minimum absolute atomic E-state index is 0.0992. The molecular weight excluding hydrogens is 192 g/mol. The van der Waals surface area contributed by atoms with Crippen LogP contribution in [0.3, 0.4) is 0 Å². The van der Waals surface area contributed by atoms with Crippen LogP contribution in [0.1, 0.15) is 1.37 Å². The fourth-order valence-electron chi connectivity index (χ4n) is 0.739. The van der Waals surface area contributed by atoms with Crippen LogP contribution in [0.2, 0.25) is 0 Å². The number of hydrogen-bond acceptors (Lipinski definition) is 1. The highest BCUT2D eigenvalue weighted by Crippen LogP contribution is 2.09. The molecule has 1 rings (SSSR count). The Hall–Kier alpha value is -0.600. The first-order chi connectivity index (χ1) is 6.13. The second-order valence-electron chi connectivity index (χ2n) is 2.18. The summed E-state index contributed by atoms with van der Waals surface area (Å²) in [7, 11) is -1.42. The maximum atomic E-state index is 11.6. The Morgan fingerprint density at radius 1 is 1.58 bits per heavy atom. The molecule has 0 N–H and O–H groups in total. The van der Waals surface area contributed by atoms with Crippen molar-refractivity contribution in [3.05, 3.63) is 41.9 Å². The molecule has 1 aromatic carbocycles. The van der Waals surface area contributed by atoms with Gasteiger partial charge in [-0.1, -0.05) is 36.4 Å². The second kappa shape index (κ2) is 4.43. The van der Waals surface area contributed by atoms with Gasteiger partial charge in [-0.15, -0.1) is 0 Å². The Kier molecular flexibility index (Phi) is 2.96. The fraction of sp³-hybridized carbons (Fsp3) is 0.111. The summed E-state index contributed by atoms with van der Waals surface area (Å²) >= 11 is 5.50. The van der Waals surface area contributed by atoms with Gasteiger partial charge in [0.1, 0.15) is 0 Å². The lowest BCUT2D eigenvalue weighted by Gasteiger charge is -1.98. The van der Waals surface area contributed by atoms with Crippen LogP contribution in [-0.2, 0) is 10.8 Å². The van der Waals surface area contributed by atoms with Crippen molar-refractivity contribution in [3.8, 4) is 0 Å². The minimum atomic E-state index is -1.42. The molecule has 0 heterocycles. The van der Waals surface area contributed by atoms with E-state index in [1.54, 1.807) is 24.3 Å². The van der Waals surface area contributed by atoms with Crippen molar-refractivity contribution >= 4 is 22.4 Å². The van der Waals surface area contributed by atoms with Crippen LogP contribution in [0, 0.1) is 0 Å². The van der Waals surface area contributed by atoms with Crippen molar-refractivity contribution < 1.29 is 5.58 Å². The first kappa shape index (κ1) is 8.02. The molecule has 3 heteroatoms. The van der Waals surface area contributed by atoms with Crippen LogP contribution in [0.25, 0.3) is 0 Å². The highest BCUT2D eigenvalue weighted by Gasteiger charge is 2.02. The van der Waals surface area contributed by atoms with Crippen molar-refractivity contribution in [1.82, 2.24) is 0 Å². The predicted molar refractivity (Wildman–Crippen MR) is 52.7 cm³/mol. The molecule has 0 bridgehead atoms. The molecular formula is C9H9ClOS. The highest BCUT2D eigenvalue weighted by atomic mass is 35.5. The molecule has 2 unspecified atom stereocenters. The zero-order chi connectivity index (χ0) is 9.84. The summed E-state index contributed by atoms with van der Waals surface area (Å²) in [6.07, 6.45) is 0. The van der Waals surface area contributed by atoms with E-state index in [0.29, 0.717) is 4.90 Å². The molecule has 0 aliphatic carbocycles. The summed E-state index contributed by atoms with van der Waals surface area (Å²) in [5.41, 5.74) is -0.955. The van der Waals surface area contributed by atoms with Gasteiger partial charge in [0, 0.05) is 11.3 Å². The molecule has 0 radical (unpaired) electrons. The fourth-order valence-corrected chi connectivity index (χ4v) is 1.78. The third kappa shape index (κ3) is 2.80. The van der Waals surface area contributed by atoms with Gasteiger partial charge in [0.05, 0.1) is 16.5 Å². The van der Waals surface area contributed by atoms with Gasteiger partial charge < -0.3 is 0 Å².